The van der Waals surface area contributed by atoms with Gasteiger partial charge in [-0.1, -0.05) is 6.08 Å². The number of hydrogen-bond acceptors (Lipinski definition) is 2. The van der Waals surface area contributed by atoms with Crippen LogP contribution < -0.4 is 10.6 Å². The maximum Gasteiger partial charge on any atom is 0.221 e. The monoisotopic (exact) mass is 204 g/mol. The third-order valence-electron chi connectivity index (χ3n) is 1.88. The van der Waals surface area contributed by atoms with Gasteiger partial charge in [0.25, 0.3) is 0 Å². The molecule has 0 saturated carbocycles. The Morgan fingerprint density at radius 1 is 1.33 bits per heavy atom. The maximum absolute atomic E-state index is 10.8. The van der Waals surface area contributed by atoms with Crippen LogP contribution in [-0.2, 0) is 4.79 Å². The van der Waals surface area contributed by atoms with Crippen molar-refractivity contribution in [3.63, 3.8) is 0 Å². The Morgan fingerprint density at radius 3 is 2.47 bits per heavy atom. The molecular weight excluding hydrogens is 188 g/mol. The first-order chi connectivity index (χ1) is 7.22. The molecule has 1 rings (SSSR count). The van der Waals surface area contributed by atoms with Crippen LogP contribution in [0.2, 0.25) is 0 Å². The second-order valence-corrected chi connectivity index (χ2v) is 3.26. The molecule has 0 aliphatic heterocycles. The number of carbonyl (C=O) groups excluding carboxylic acids is 1. The van der Waals surface area contributed by atoms with E-state index in [2.05, 4.69) is 17.2 Å². The van der Waals surface area contributed by atoms with Crippen molar-refractivity contribution >= 4 is 17.3 Å². The van der Waals surface area contributed by atoms with Gasteiger partial charge in [-0.3, -0.25) is 4.79 Å². The number of benzene rings is 1. The third kappa shape index (κ3) is 4.31. The predicted molar refractivity (Wildman–Crippen MR) is 64.0 cm³/mol. The molecule has 0 unspecified atom stereocenters. The Bertz CT molecular complexity index is 330. The summed E-state index contributed by atoms with van der Waals surface area (Å²) in [5.74, 6) is -0.0534. The second kappa shape index (κ2) is 5.86. The summed E-state index contributed by atoms with van der Waals surface area (Å²) in [6, 6.07) is 7.62. The number of nitrogens with one attached hydrogen (secondary N) is 2. The van der Waals surface area contributed by atoms with Crippen LogP contribution in [-0.4, -0.2) is 12.5 Å². The Labute approximate surface area is 90.2 Å². The van der Waals surface area contributed by atoms with Gasteiger partial charge in [0, 0.05) is 24.8 Å². The summed E-state index contributed by atoms with van der Waals surface area (Å²) in [5, 5.41) is 5.96. The van der Waals surface area contributed by atoms with Gasteiger partial charge in [0.2, 0.25) is 5.91 Å². The highest BCUT2D eigenvalue weighted by Gasteiger charge is 1.95. The van der Waals surface area contributed by atoms with E-state index >= 15 is 0 Å². The van der Waals surface area contributed by atoms with Crippen molar-refractivity contribution < 1.29 is 4.79 Å². The average Bonchev–Trinajstić information content (AvgIpc) is 2.20. The molecule has 2 N–H and O–H groups in total. The van der Waals surface area contributed by atoms with E-state index in [9.17, 15) is 4.79 Å². The molecule has 0 aliphatic carbocycles. The number of rotatable bonds is 5. The highest BCUT2D eigenvalue weighted by Crippen LogP contribution is 2.13. The number of hydrogen-bond donors (Lipinski definition) is 2. The second-order valence-electron chi connectivity index (χ2n) is 3.26. The van der Waals surface area contributed by atoms with E-state index < -0.39 is 0 Å². The lowest BCUT2D eigenvalue weighted by molar-refractivity contribution is -0.114. The summed E-state index contributed by atoms with van der Waals surface area (Å²) < 4.78 is 0. The summed E-state index contributed by atoms with van der Waals surface area (Å²) in [7, 11) is 0. The fourth-order valence-corrected chi connectivity index (χ4v) is 1.19. The van der Waals surface area contributed by atoms with Crippen molar-refractivity contribution in [3.8, 4) is 0 Å². The normalized spacial score (nSPS) is 9.40. The fraction of sp³-hybridized carbons (Fsp3) is 0.250. The quantitative estimate of drug-likeness (QED) is 0.572. The van der Waals surface area contributed by atoms with E-state index in [-0.39, 0.29) is 5.91 Å². The largest absolute Gasteiger partial charge is 0.385 e. The molecule has 0 saturated heterocycles. The Morgan fingerprint density at radius 2 is 1.93 bits per heavy atom. The minimum absolute atomic E-state index is 0.0534. The van der Waals surface area contributed by atoms with Gasteiger partial charge in [-0.2, -0.15) is 0 Å². The molecular formula is C12H16N2O. The van der Waals surface area contributed by atoms with Crippen molar-refractivity contribution in [2.24, 2.45) is 0 Å². The number of anilines is 2. The molecule has 0 bridgehead atoms. The lowest BCUT2D eigenvalue weighted by atomic mass is 10.2. The Balaban J connectivity index is 2.48. The summed E-state index contributed by atoms with van der Waals surface area (Å²) >= 11 is 0. The summed E-state index contributed by atoms with van der Waals surface area (Å²) in [6.07, 6.45) is 2.81. The van der Waals surface area contributed by atoms with E-state index in [1.807, 2.05) is 30.3 Å². The third-order valence-corrected chi connectivity index (χ3v) is 1.88. The zero-order chi connectivity index (χ0) is 11.1. The summed E-state index contributed by atoms with van der Waals surface area (Å²) in [6.45, 7) is 6.03. The lowest BCUT2D eigenvalue weighted by Gasteiger charge is -2.06. The summed E-state index contributed by atoms with van der Waals surface area (Å²) in [5.41, 5.74) is 1.86. The zero-order valence-corrected chi connectivity index (χ0v) is 8.92. The van der Waals surface area contributed by atoms with Crippen LogP contribution in [0.15, 0.2) is 36.9 Å². The SMILES string of the molecule is C=CCCNc1ccc(NC(C)=O)cc1. The minimum atomic E-state index is -0.0534. The van der Waals surface area contributed by atoms with Crippen LogP contribution in [0.3, 0.4) is 0 Å². The average molecular weight is 204 g/mol. The van der Waals surface area contributed by atoms with Gasteiger partial charge in [0.05, 0.1) is 0 Å². The maximum atomic E-state index is 10.8. The molecule has 0 aromatic heterocycles. The first kappa shape index (κ1) is 11.3. The highest BCUT2D eigenvalue weighted by molar-refractivity contribution is 5.88. The van der Waals surface area contributed by atoms with E-state index in [0.29, 0.717) is 0 Å². The Kier molecular flexibility index (Phi) is 4.41. The first-order valence-electron chi connectivity index (χ1n) is 4.95. The van der Waals surface area contributed by atoms with Gasteiger partial charge in [-0.15, -0.1) is 6.58 Å². The van der Waals surface area contributed by atoms with Crippen LogP contribution in [0.25, 0.3) is 0 Å². The lowest BCUT2D eigenvalue weighted by Crippen LogP contribution is -2.05. The molecule has 80 valence electrons. The van der Waals surface area contributed by atoms with Crippen molar-refractivity contribution in [3.05, 3.63) is 36.9 Å². The van der Waals surface area contributed by atoms with Crippen molar-refractivity contribution in [2.75, 3.05) is 17.2 Å². The van der Waals surface area contributed by atoms with E-state index in [1.54, 1.807) is 0 Å². The van der Waals surface area contributed by atoms with Gasteiger partial charge in [0.1, 0.15) is 0 Å². The zero-order valence-electron chi connectivity index (χ0n) is 8.92. The van der Waals surface area contributed by atoms with E-state index in [0.717, 1.165) is 24.3 Å². The van der Waals surface area contributed by atoms with Gasteiger partial charge in [-0.05, 0) is 30.7 Å². The minimum Gasteiger partial charge on any atom is -0.385 e. The van der Waals surface area contributed by atoms with E-state index in [1.165, 1.54) is 6.92 Å². The molecule has 1 aromatic carbocycles. The number of carbonyl (C=O) groups is 1. The van der Waals surface area contributed by atoms with Crippen molar-refractivity contribution in [1.29, 1.82) is 0 Å². The van der Waals surface area contributed by atoms with Gasteiger partial charge in [-0.25, -0.2) is 0 Å². The molecule has 3 heteroatoms. The standard InChI is InChI=1S/C12H16N2O/c1-3-4-9-13-11-5-7-12(8-6-11)14-10(2)15/h3,5-8,13H,1,4,9H2,2H3,(H,14,15). The van der Waals surface area contributed by atoms with Crippen LogP contribution in [0, 0.1) is 0 Å². The molecule has 0 atom stereocenters. The van der Waals surface area contributed by atoms with Crippen molar-refractivity contribution in [2.45, 2.75) is 13.3 Å². The van der Waals surface area contributed by atoms with Crippen molar-refractivity contribution in [1.82, 2.24) is 0 Å². The highest BCUT2D eigenvalue weighted by atomic mass is 16.1. The van der Waals surface area contributed by atoms with Crippen LogP contribution in [0.4, 0.5) is 11.4 Å². The van der Waals surface area contributed by atoms with Crippen LogP contribution in [0.1, 0.15) is 13.3 Å². The molecule has 0 radical (unpaired) electrons. The van der Waals surface area contributed by atoms with Gasteiger partial charge >= 0.3 is 0 Å². The molecule has 0 fully saturated rings. The molecule has 3 nitrogen and oxygen atoms in total. The topological polar surface area (TPSA) is 41.1 Å². The summed E-state index contributed by atoms with van der Waals surface area (Å²) in [4.78, 5) is 10.8. The molecule has 0 spiro atoms. The number of amides is 1. The molecule has 0 aliphatic rings. The fourth-order valence-electron chi connectivity index (χ4n) is 1.19. The predicted octanol–water partition coefficient (Wildman–Crippen LogP) is 2.63. The van der Waals surface area contributed by atoms with Crippen LogP contribution >= 0.6 is 0 Å². The molecule has 0 heterocycles. The van der Waals surface area contributed by atoms with Crippen LogP contribution in [0.5, 0.6) is 0 Å². The molecule has 15 heavy (non-hydrogen) atoms. The van der Waals surface area contributed by atoms with E-state index in [4.69, 9.17) is 0 Å². The molecule has 1 aromatic rings. The van der Waals surface area contributed by atoms with Gasteiger partial charge in [0.15, 0.2) is 0 Å². The Hall–Kier alpha value is -1.77. The molecule has 1 amide bonds. The smallest absolute Gasteiger partial charge is 0.221 e. The van der Waals surface area contributed by atoms with Gasteiger partial charge < -0.3 is 10.6 Å². The first-order valence-corrected chi connectivity index (χ1v) is 4.95.